The summed E-state index contributed by atoms with van der Waals surface area (Å²) in [4.78, 5) is 0. The standard InChI is InChI=1S/C8H22N4OP2.C8H23N2P3.13CH4/c1-9-14(4,5)12-15(6,10-2)11-7-8-13-3;1-11(2,3)9-13(7,8)10-12(4,5)6;;;;;;;;;;;;;/h11H,1,7-8H2,2-6H3;1H2,2-8H3;13*1H4. The molecule has 1 unspecified atom stereocenters. The second kappa shape index (κ2) is 40.8. The Bertz CT molecular complexity index is 762. The maximum absolute atomic E-state index is 4.98. The predicted molar refractivity (Wildman–Crippen MR) is 234 cm³/mol. The highest BCUT2D eigenvalue weighted by molar-refractivity contribution is 7.82. The molecule has 0 aliphatic heterocycles. The monoisotopic (exact) mass is 701 g/mol. The van der Waals surface area contributed by atoms with Gasteiger partial charge in [-0.05, 0) is 80.8 Å². The molecule has 0 saturated carbocycles. The molecule has 0 spiro atoms. The number of rotatable bonds is 8. The molecule has 0 bridgehead atoms. The van der Waals surface area contributed by atoms with Gasteiger partial charge in [0.2, 0.25) is 0 Å². The van der Waals surface area contributed by atoms with Crippen LogP contribution in [0.5, 0.6) is 0 Å². The third kappa shape index (κ3) is 64.8. The van der Waals surface area contributed by atoms with Gasteiger partial charge < -0.3 is 4.74 Å². The Morgan fingerprint density at radius 1 is 0.585 bits per heavy atom. The normalized spacial score (nSPS) is 10.1. The molecular weight excluding hydrogens is 603 g/mol. The molecule has 0 fully saturated rings. The Hall–Kier alpha value is 0.810. The van der Waals surface area contributed by atoms with Crippen LogP contribution in [0.1, 0.15) is 96.5 Å². The van der Waals surface area contributed by atoms with Gasteiger partial charge in [0, 0.05) is 27.4 Å². The first-order valence-corrected chi connectivity index (χ1v) is 22.1. The summed E-state index contributed by atoms with van der Waals surface area (Å²) in [6, 6.07) is 0. The molecule has 0 saturated heterocycles. The highest BCUT2D eigenvalue weighted by Crippen LogP contribution is 2.60. The third-order valence-electron chi connectivity index (χ3n) is 2.79. The Morgan fingerprint density at radius 2 is 0.927 bits per heavy atom. The zero-order valence-electron chi connectivity index (χ0n) is 20.2. The lowest BCUT2D eigenvalue weighted by Crippen LogP contribution is -2.14. The second-order valence-corrected chi connectivity index (χ2v) is 26.1. The fourth-order valence-corrected chi connectivity index (χ4v) is 17.5. The molecular formula is C29H97N6OP5. The number of hydrogen-bond donors (Lipinski definition) is 1. The van der Waals surface area contributed by atoms with Crippen LogP contribution in [-0.4, -0.2) is 107 Å². The minimum absolute atomic E-state index is 0. The summed E-state index contributed by atoms with van der Waals surface area (Å²) in [7, 11) is -3.66. The van der Waals surface area contributed by atoms with E-state index < -0.39 is 35.9 Å². The highest BCUT2D eigenvalue weighted by Gasteiger charge is 2.12. The molecule has 12 heteroatoms. The lowest BCUT2D eigenvalue weighted by Gasteiger charge is -2.19. The molecule has 0 amide bonds. The van der Waals surface area contributed by atoms with Crippen molar-refractivity contribution in [2.24, 2.45) is 23.1 Å². The first kappa shape index (κ1) is 96.9. The van der Waals surface area contributed by atoms with E-state index in [2.05, 4.69) is 74.3 Å². The van der Waals surface area contributed by atoms with Gasteiger partial charge in [0.15, 0.2) is 0 Å². The van der Waals surface area contributed by atoms with Gasteiger partial charge in [-0.3, -0.25) is 23.6 Å². The largest absolute Gasteiger partial charge is 0.383 e. The summed E-state index contributed by atoms with van der Waals surface area (Å²) in [5.74, 6) is 0. The van der Waals surface area contributed by atoms with Crippen molar-refractivity contribution in [1.82, 2.24) is 5.09 Å². The zero-order valence-corrected chi connectivity index (χ0v) is 24.7. The van der Waals surface area contributed by atoms with Gasteiger partial charge in [-0.2, -0.15) is 0 Å². The summed E-state index contributed by atoms with van der Waals surface area (Å²) in [5.41, 5.74) is 0. The van der Waals surface area contributed by atoms with Gasteiger partial charge in [0.25, 0.3) is 0 Å². The number of hydrogen-bond acceptors (Lipinski definition) is 3. The fourth-order valence-electron chi connectivity index (χ4n) is 2.22. The maximum atomic E-state index is 4.98. The molecule has 41 heavy (non-hydrogen) atoms. The number of ether oxygens (including phenoxy) is 1. The molecule has 0 aromatic heterocycles. The van der Waals surface area contributed by atoms with E-state index in [1.54, 1.807) is 14.2 Å². The van der Waals surface area contributed by atoms with E-state index in [-0.39, 0.29) is 96.5 Å². The molecule has 0 radical (unpaired) electrons. The molecule has 0 aliphatic rings. The van der Waals surface area contributed by atoms with Crippen LogP contribution in [0.15, 0.2) is 23.1 Å². The number of nitrogens with one attached hydrogen (secondary N) is 1. The lowest BCUT2D eigenvalue weighted by molar-refractivity contribution is 0.204. The van der Waals surface area contributed by atoms with Crippen LogP contribution in [0.3, 0.4) is 0 Å². The van der Waals surface area contributed by atoms with Gasteiger partial charge in [-0.1, -0.05) is 103 Å². The van der Waals surface area contributed by atoms with Gasteiger partial charge in [-0.25, -0.2) is 4.52 Å². The Morgan fingerprint density at radius 3 is 1.15 bits per heavy atom. The van der Waals surface area contributed by atoms with E-state index >= 15 is 0 Å². The molecule has 1 atom stereocenters. The van der Waals surface area contributed by atoms with Crippen LogP contribution in [-0.2, 0) is 4.74 Å². The van der Waals surface area contributed by atoms with Crippen LogP contribution >= 0.6 is 35.9 Å². The third-order valence-corrected chi connectivity index (χ3v) is 15.8. The lowest BCUT2D eigenvalue weighted by atomic mass is 10.7. The summed E-state index contributed by atoms with van der Waals surface area (Å²) in [6.07, 6.45) is 4.11. The van der Waals surface area contributed by atoms with Crippen molar-refractivity contribution < 1.29 is 4.74 Å². The summed E-state index contributed by atoms with van der Waals surface area (Å²) >= 11 is 0. The molecule has 1 N–H and O–H groups in total. The Kier molecular flexibility index (Phi) is 96.4. The van der Waals surface area contributed by atoms with Crippen LogP contribution in [0.25, 0.3) is 0 Å². The molecule has 0 rings (SSSR count). The molecule has 0 aromatic carbocycles. The average molecular weight is 701 g/mol. The van der Waals surface area contributed by atoms with E-state index in [9.17, 15) is 0 Å². The van der Waals surface area contributed by atoms with Crippen LogP contribution in [0, 0.1) is 0 Å². The summed E-state index contributed by atoms with van der Waals surface area (Å²) < 4.78 is 27.8. The molecule has 274 valence electrons. The quantitative estimate of drug-likeness (QED) is 0.155. The second-order valence-electron chi connectivity index (χ2n) is 8.66. The van der Waals surface area contributed by atoms with Gasteiger partial charge in [0.05, 0.1) is 21.0 Å². The van der Waals surface area contributed by atoms with E-state index in [0.717, 1.165) is 6.54 Å². The van der Waals surface area contributed by atoms with Crippen molar-refractivity contribution in [2.45, 2.75) is 96.5 Å². The van der Waals surface area contributed by atoms with Gasteiger partial charge >= 0.3 is 0 Å². The molecule has 0 aromatic rings. The number of methoxy groups -OCH3 is 1. The Balaban J connectivity index is -0.0000000193. The van der Waals surface area contributed by atoms with Crippen LogP contribution in [0.4, 0.5) is 0 Å². The van der Waals surface area contributed by atoms with Crippen LogP contribution < -0.4 is 5.09 Å². The maximum Gasteiger partial charge on any atom is 0.134 e. The molecule has 0 heterocycles. The van der Waals surface area contributed by atoms with Gasteiger partial charge in [0.1, 0.15) is 7.36 Å². The average Bonchev–Trinajstić information content (AvgIpc) is 2.42. The highest BCUT2D eigenvalue weighted by atomic mass is 31.2. The van der Waals surface area contributed by atoms with Crippen molar-refractivity contribution in [2.75, 3.05) is 94.0 Å². The molecule has 0 aliphatic carbocycles. The van der Waals surface area contributed by atoms with Gasteiger partial charge in [-0.15, -0.1) is 0 Å². The van der Waals surface area contributed by atoms with Crippen molar-refractivity contribution in [1.29, 1.82) is 0 Å². The Labute approximate surface area is 271 Å². The van der Waals surface area contributed by atoms with Crippen molar-refractivity contribution in [3.8, 4) is 0 Å². The van der Waals surface area contributed by atoms with Crippen LogP contribution in [0.2, 0.25) is 0 Å². The van der Waals surface area contributed by atoms with E-state index in [1.807, 2.05) is 20.0 Å². The summed E-state index contributed by atoms with van der Waals surface area (Å²) in [6.45, 7) is 26.5. The zero-order chi connectivity index (χ0) is 22.9. The minimum atomic E-state index is -1.78. The SMILES string of the molecule is C.C.C.C.C.C.C.C.C.C.C.C.C.C=NP(C)(C)=NP(C)(=NC)NCCOC.C=P(C)(C)N=P(C)(C)N=P(C)(C)C. The molecule has 7 nitrogen and oxygen atoms in total. The summed E-state index contributed by atoms with van der Waals surface area (Å²) in [5, 5.41) is 3.33. The smallest absolute Gasteiger partial charge is 0.134 e. The topological polar surface area (TPSA) is 83.1 Å². The van der Waals surface area contributed by atoms with E-state index in [0.29, 0.717) is 6.61 Å². The first-order valence-electron chi connectivity index (χ1n) is 8.93. The predicted octanol–water partition coefficient (Wildman–Crippen LogP) is 14.9. The van der Waals surface area contributed by atoms with E-state index in [4.69, 9.17) is 18.3 Å². The first-order chi connectivity index (χ1) is 12.3. The van der Waals surface area contributed by atoms with Crippen molar-refractivity contribution >= 4 is 48.9 Å². The van der Waals surface area contributed by atoms with E-state index in [1.165, 1.54) is 0 Å². The fraction of sp³-hybridized carbons (Fsp3) is 0.931. The van der Waals surface area contributed by atoms with Crippen molar-refractivity contribution in [3.63, 3.8) is 0 Å². The number of nitrogens with zero attached hydrogens (tertiary/aromatic N) is 5. The minimum Gasteiger partial charge on any atom is -0.383 e. The van der Waals surface area contributed by atoms with Crippen molar-refractivity contribution in [3.05, 3.63) is 0 Å².